The highest BCUT2D eigenvalue weighted by Crippen LogP contribution is 2.27. The van der Waals surface area contributed by atoms with Gasteiger partial charge in [0.05, 0.1) is 18.2 Å². The minimum Gasteiger partial charge on any atom is -0.464 e. The van der Waals surface area contributed by atoms with Crippen LogP contribution in [0.3, 0.4) is 0 Å². The number of fused-ring (bicyclic) bond motifs is 1. The van der Waals surface area contributed by atoms with Crippen LogP contribution in [0.15, 0.2) is 71.6 Å². The van der Waals surface area contributed by atoms with Crippen molar-refractivity contribution in [1.82, 2.24) is 15.3 Å². The van der Waals surface area contributed by atoms with Crippen LogP contribution in [0.4, 0.5) is 10.2 Å². The molecule has 1 amide bonds. The number of amides is 1. The number of pyridine rings is 2. The summed E-state index contributed by atoms with van der Waals surface area (Å²) in [4.78, 5) is 23.4. The summed E-state index contributed by atoms with van der Waals surface area (Å²) >= 11 is 0. The largest absolute Gasteiger partial charge is 0.464 e. The first-order valence-corrected chi connectivity index (χ1v) is 10.3. The fraction of sp³-hybridized carbons (Fsp3) is 0.208. The molecule has 0 bridgehead atoms. The van der Waals surface area contributed by atoms with Crippen LogP contribution in [0, 0.1) is 5.82 Å². The van der Waals surface area contributed by atoms with Crippen molar-refractivity contribution in [3.8, 4) is 11.3 Å². The maximum Gasteiger partial charge on any atom is 0.251 e. The molecule has 4 aromatic rings. The quantitative estimate of drug-likeness (QED) is 0.533. The number of hydrogen-bond donors (Lipinski definition) is 1. The van der Waals surface area contributed by atoms with E-state index in [9.17, 15) is 9.18 Å². The van der Waals surface area contributed by atoms with E-state index in [1.807, 2.05) is 36.4 Å². The second-order valence-electron chi connectivity index (χ2n) is 7.64. The molecule has 0 unspecified atom stereocenters. The smallest absolute Gasteiger partial charge is 0.251 e. The molecule has 5 rings (SSSR count). The monoisotopic (exact) mass is 416 g/mol. The summed E-state index contributed by atoms with van der Waals surface area (Å²) in [5.74, 6) is 0.344. The summed E-state index contributed by atoms with van der Waals surface area (Å²) < 4.78 is 18.5. The first-order chi connectivity index (χ1) is 15.2. The molecule has 156 valence electrons. The van der Waals surface area contributed by atoms with Gasteiger partial charge in [-0.05, 0) is 49.2 Å². The Morgan fingerprint density at radius 3 is 2.58 bits per heavy atom. The van der Waals surface area contributed by atoms with Gasteiger partial charge in [0.15, 0.2) is 0 Å². The number of carbonyl (C=O) groups excluding carboxylic acids is 1. The molecule has 0 spiro atoms. The summed E-state index contributed by atoms with van der Waals surface area (Å²) in [6.45, 7) is 1.53. The lowest BCUT2D eigenvalue weighted by Crippen LogP contribution is -2.45. The predicted octanol–water partition coefficient (Wildman–Crippen LogP) is 4.43. The maximum absolute atomic E-state index is 13.1. The van der Waals surface area contributed by atoms with Crippen molar-refractivity contribution < 1.29 is 13.6 Å². The summed E-state index contributed by atoms with van der Waals surface area (Å²) in [5, 5.41) is 4.07. The van der Waals surface area contributed by atoms with E-state index in [0.717, 1.165) is 54.0 Å². The van der Waals surface area contributed by atoms with Gasteiger partial charge in [-0.15, -0.1) is 0 Å². The molecular formula is C24H21FN4O2. The highest BCUT2D eigenvalue weighted by Gasteiger charge is 2.22. The minimum absolute atomic E-state index is 0.0839. The summed E-state index contributed by atoms with van der Waals surface area (Å²) in [7, 11) is 0. The topological polar surface area (TPSA) is 71.3 Å². The molecule has 6 nitrogen and oxygen atoms in total. The molecule has 1 fully saturated rings. The Bertz CT molecular complexity index is 1200. The van der Waals surface area contributed by atoms with E-state index in [4.69, 9.17) is 4.42 Å². The first kappa shape index (κ1) is 19.2. The molecule has 3 aromatic heterocycles. The van der Waals surface area contributed by atoms with E-state index in [1.165, 1.54) is 12.3 Å². The number of aromatic nitrogens is 2. The van der Waals surface area contributed by atoms with Gasteiger partial charge >= 0.3 is 0 Å². The minimum atomic E-state index is -0.339. The fourth-order valence-electron chi connectivity index (χ4n) is 3.98. The third kappa shape index (κ3) is 3.99. The van der Waals surface area contributed by atoms with Gasteiger partial charge in [-0.1, -0.05) is 12.1 Å². The van der Waals surface area contributed by atoms with Crippen molar-refractivity contribution in [2.24, 2.45) is 0 Å². The van der Waals surface area contributed by atoms with Gasteiger partial charge in [0.2, 0.25) is 0 Å². The van der Waals surface area contributed by atoms with Crippen molar-refractivity contribution in [2.45, 2.75) is 18.9 Å². The van der Waals surface area contributed by atoms with E-state index in [1.54, 1.807) is 18.5 Å². The fourth-order valence-corrected chi connectivity index (χ4v) is 3.98. The molecule has 0 radical (unpaired) electrons. The Morgan fingerprint density at radius 2 is 1.84 bits per heavy atom. The highest BCUT2D eigenvalue weighted by atomic mass is 19.1. The molecule has 0 saturated carbocycles. The van der Waals surface area contributed by atoms with Crippen LogP contribution in [-0.2, 0) is 0 Å². The molecule has 1 N–H and O–H groups in total. The summed E-state index contributed by atoms with van der Waals surface area (Å²) in [6.07, 6.45) is 6.23. The van der Waals surface area contributed by atoms with E-state index in [0.29, 0.717) is 5.56 Å². The van der Waals surface area contributed by atoms with Crippen molar-refractivity contribution in [3.05, 3.63) is 78.6 Å². The summed E-state index contributed by atoms with van der Waals surface area (Å²) in [5.41, 5.74) is 3.17. The van der Waals surface area contributed by atoms with E-state index >= 15 is 0 Å². The number of rotatable bonds is 4. The number of nitrogens with one attached hydrogen (secondary N) is 1. The lowest BCUT2D eigenvalue weighted by Gasteiger charge is -2.33. The van der Waals surface area contributed by atoms with Gasteiger partial charge in [-0.3, -0.25) is 9.78 Å². The zero-order chi connectivity index (χ0) is 21.2. The molecule has 1 aromatic carbocycles. The molecule has 0 atom stereocenters. The number of carbonyl (C=O) groups is 1. The predicted molar refractivity (Wildman–Crippen MR) is 116 cm³/mol. The number of anilines is 1. The Morgan fingerprint density at radius 1 is 1.03 bits per heavy atom. The van der Waals surface area contributed by atoms with E-state index in [-0.39, 0.29) is 17.8 Å². The third-order valence-corrected chi connectivity index (χ3v) is 5.67. The van der Waals surface area contributed by atoms with Crippen molar-refractivity contribution in [1.29, 1.82) is 0 Å². The van der Waals surface area contributed by atoms with Gasteiger partial charge in [0.1, 0.15) is 17.2 Å². The Balaban J connectivity index is 1.21. The van der Waals surface area contributed by atoms with Crippen LogP contribution in [0.25, 0.3) is 22.2 Å². The number of furan rings is 1. The number of hydrogen-bond acceptors (Lipinski definition) is 5. The lowest BCUT2D eigenvalue weighted by molar-refractivity contribution is 0.0931. The van der Waals surface area contributed by atoms with Crippen LogP contribution < -0.4 is 10.2 Å². The van der Waals surface area contributed by atoms with Crippen LogP contribution in [0.2, 0.25) is 0 Å². The Kier molecular flexibility index (Phi) is 5.08. The van der Waals surface area contributed by atoms with Gasteiger partial charge in [0, 0.05) is 41.8 Å². The molecule has 1 aliphatic rings. The van der Waals surface area contributed by atoms with E-state index < -0.39 is 0 Å². The van der Waals surface area contributed by atoms with E-state index in [2.05, 4.69) is 20.2 Å². The van der Waals surface area contributed by atoms with Gasteiger partial charge in [-0.25, -0.2) is 9.37 Å². The molecule has 4 heterocycles. The normalized spacial score (nSPS) is 14.7. The molecular weight excluding hydrogens is 395 g/mol. The Hall–Kier alpha value is -3.74. The van der Waals surface area contributed by atoms with Gasteiger partial charge in [-0.2, -0.15) is 0 Å². The van der Waals surface area contributed by atoms with Crippen molar-refractivity contribution in [2.75, 3.05) is 18.0 Å². The molecule has 1 aliphatic heterocycles. The van der Waals surface area contributed by atoms with Crippen LogP contribution in [0.1, 0.15) is 23.2 Å². The van der Waals surface area contributed by atoms with Crippen LogP contribution in [-0.4, -0.2) is 35.0 Å². The SMILES string of the molecule is O=C(NC1CCN(c2ccc(F)cn2)CC1)c1ccc(-c2nccc3occc23)cc1. The maximum atomic E-state index is 13.1. The number of nitrogens with zero attached hydrogens (tertiary/aromatic N) is 3. The zero-order valence-corrected chi connectivity index (χ0v) is 16.8. The average molecular weight is 416 g/mol. The van der Waals surface area contributed by atoms with Gasteiger partial charge < -0.3 is 14.6 Å². The molecule has 7 heteroatoms. The highest BCUT2D eigenvalue weighted by molar-refractivity contribution is 5.96. The number of piperidine rings is 1. The number of halogens is 1. The molecule has 31 heavy (non-hydrogen) atoms. The second-order valence-corrected chi connectivity index (χ2v) is 7.64. The van der Waals surface area contributed by atoms with Gasteiger partial charge in [0.25, 0.3) is 5.91 Å². The Labute approximate surface area is 178 Å². The average Bonchev–Trinajstić information content (AvgIpc) is 3.29. The van der Waals surface area contributed by atoms with Crippen molar-refractivity contribution >= 4 is 22.7 Å². The standard InChI is InChI=1S/C24H21FN4O2/c25-18-5-6-22(27-15-18)29-12-8-19(9-13-29)28-24(30)17-3-1-16(2-4-17)23-20-10-14-31-21(20)7-11-26-23/h1-7,10-11,14-15,19H,8-9,12-13H2,(H,28,30). The van der Waals surface area contributed by atoms with Crippen LogP contribution in [0.5, 0.6) is 0 Å². The summed E-state index contributed by atoms with van der Waals surface area (Å²) in [6, 6.07) is 14.4. The third-order valence-electron chi connectivity index (χ3n) is 5.67. The molecule has 1 saturated heterocycles. The lowest BCUT2D eigenvalue weighted by atomic mass is 10.0. The zero-order valence-electron chi connectivity index (χ0n) is 16.8. The number of benzene rings is 1. The van der Waals surface area contributed by atoms with Crippen LogP contribution >= 0.6 is 0 Å². The molecule has 0 aliphatic carbocycles. The first-order valence-electron chi connectivity index (χ1n) is 10.3. The van der Waals surface area contributed by atoms with Crippen molar-refractivity contribution in [3.63, 3.8) is 0 Å². The second kappa shape index (κ2) is 8.18.